The summed E-state index contributed by atoms with van der Waals surface area (Å²) in [6, 6.07) is 22.2. The standard InChI is InChI=1S/C29H33BrClN3O4S/c1-4-21(2)32-29(36)27(17-22-10-6-5-7-11-22)33(19-23-12-8-13-24(30)16-23)28(35)20-34(39(3,37)38)26-15-9-14-25(31)18-26/h5-16,18,21,27H,4,17,19-20H2,1-3H3,(H,32,36)/t21-,27-/m0/s1. The molecule has 0 aliphatic rings. The maximum atomic E-state index is 14.0. The van der Waals surface area contributed by atoms with Crippen LogP contribution in [0.3, 0.4) is 0 Å². The van der Waals surface area contributed by atoms with Crippen LogP contribution >= 0.6 is 27.5 Å². The van der Waals surface area contributed by atoms with E-state index in [1.165, 1.54) is 11.0 Å². The van der Waals surface area contributed by atoms with Crippen LogP contribution in [0.2, 0.25) is 5.02 Å². The number of carbonyl (C=O) groups excluding carboxylic acids is 2. The zero-order valence-electron chi connectivity index (χ0n) is 22.2. The number of nitrogens with zero attached hydrogens (tertiary/aromatic N) is 2. The van der Waals surface area contributed by atoms with Crippen LogP contribution in [0.4, 0.5) is 5.69 Å². The van der Waals surface area contributed by atoms with Gasteiger partial charge in [0.2, 0.25) is 21.8 Å². The van der Waals surface area contributed by atoms with E-state index in [0.29, 0.717) is 5.02 Å². The third-order valence-corrected chi connectivity index (χ3v) is 8.16. The maximum Gasteiger partial charge on any atom is 0.244 e. The van der Waals surface area contributed by atoms with E-state index in [2.05, 4.69) is 21.2 Å². The number of halogens is 2. The average molecular weight is 635 g/mol. The zero-order chi connectivity index (χ0) is 28.6. The van der Waals surface area contributed by atoms with E-state index < -0.39 is 28.5 Å². The van der Waals surface area contributed by atoms with Gasteiger partial charge in [0.25, 0.3) is 0 Å². The SMILES string of the molecule is CC[C@H](C)NC(=O)[C@H](Cc1ccccc1)N(Cc1cccc(Br)c1)C(=O)CN(c1cccc(Cl)c1)S(C)(=O)=O. The first-order valence-electron chi connectivity index (χ1n) is 12.6. The second-order valence-corrected chi connectivity index (χ2v) is 12.7. The Morgan fingerprint density at radius 1 is 0.974 bits per heavy atom. The van der Waals surface area contributed by atoms with E-state index in [-0.39, 0.29) is 30.6 Å². The van der Waals surface area contributed by atoms with Gasteiger partial charge in [-0.15, -0.1) is 0 Å². The van der Waals surface area contributed by atoms with Gasteiger partial charge in [-0.05, 0) is 54.8 Å². The molecule has 3 aromatic rings. The number of hydrogen-bond donors (Lipinski definition) is 1. The number of rotatable bonds is 12. The molecule has 10 heteroatoms. The van der Waals surface area contributed by atoms with Crippen LogP contribution in [0, 0.1) is 0 Å². The molecule has 1 N–H and O–H groups in total. The Kier molecular flexibility index (Phi) is 11.0. The Morgan fingerprint density at radius 3 is 2.26 bits per heavy atom. The predicted octanol–water partition coefficient (Wildman–Crippen LogP) is 5.42. The van der Waals surface area contributed by atoms with Crippen molar-refractivity contribution in [1.82, 2.24) is 10.2 Å². The minimum Gasteiger partial charge on any atom is -0.352 e. The first-order chi connectivity index (χ1) is 18.5. The summed E-state index contributed by atoms with van der Waals surface area (Å²) >= 11 is 9.60. The Morgan fingerprint density at radius 2 is 1.64 bits per heavy atom. The first-order valence-corrected chi connectivity index (χ1v) is 15.6. The quantitative estimate of drug-likeness (QED) is 0.288. The molecule has 2 atom stereocenters. The topological polar surface area (TPSA) is 86.8 Å². The lowest BCUT2D eigenvalue weighted by Crippen LogP contribution is -2.54. The largest absolute Gasteiger partial charge is 0.352 e. The van der Waals surface area contributed by atoms with Crippen LogP contribution in [0.5, 0.6) is 0 Å². The third-order valence-electron chi connectivity index (χ3n) is 6.29. The lowest BCUT2D eigenvalue weighted by atomic mass is 10.0. The van der Waals surface area contributed by atoms with E-state index in [0.717, 1.165) is 32.6 Å². The second kappa shape index (κ2) is 14.0. The molecule has 0 saturated carbocycles. The van der Waals surface area contributed by atoms with E-state index in [4.69, 9.17) is 11.6 Å². The average Bonchev–Trinajstić information content (AvgIpc) is 2.89. The minimum atomic E-state index is -3.85. The Balaban J connectivity index is 2.06. The molecule has 0 aliphatic carbocycles. The summed E-state index contributed by atoms with van der Waals surface area (Å²) in [5.41, 5.74) is 1.94. The summed E-state index contributed by atoms with van der Waals surface area (Å²) in [7, 11) is -3.85. The summed E-state index contributed by atoms with van der Waals surface area (Å²) < 4.78 is 27.5. The molecule has 0 heterocycles. The number of hydrogen-bond acceptors (Lipinski definition) is 4. The van der Waals surface area contributed by atoms with E-state index in [9.17, 15) is 18.0 Å². The van der Waals surface area contributed by atoms with Gasteiger partial charge in [-0.2, -0.15) is 0 Å². The van der Waals surface area contributed by atoms with E-state index in [1.807, 2.05) is 68.4 Å². The summed E-state index contributed by atoms with van der Waals surface area (Å²) in [6.07, 6.45) is 2.02. The highest BCUT2D eigenvalue weighted by Crippen LogP contribution is 2.24. The monoisotopic (exact) mass is 633 g/mol. The number of benzene rings is 3. The molecule has 208 valence electrons. The summed E-state index contributed by atoms with van der Waals surface area (Å²) in [6.45, 7) is 3.49. The number of anilines is 1. The minimum absolute atomic E-state index is 0.0995. The van der Waals surface area contributed by atoms with E-state index >= 15 is 0 Å². The van der Waals surface area contributed by atoms with Crippen LogP contribution in [0.1, 0.15) is 31.4 Å². The van der Waals surface area contributed by atoms with Crippen LogP contribution < -0.4 is 9.62 Å². The van der Waals surface area contributed by atoms with Crippen molar-refractivity contribution < 1.29 is 18.0 Å². The highest BCUT2D eigenvalue weighted by atomic mass is 79.9. The lowest BCUT2D eigenvalue weighted by molar-refractivity contribution is -0.140. The van der Waals surface area contributed by atoms with Gasteiger partial charge in [0.15, 0.2) is 0 Å². The van der Waals surface area contributed by atoms with Crippen molar-refractivity contribution in [2.45, 2.75) is 45.3 Å². The van der Waals surface area contributed by atoms with Crippen molar-refractivity contribution in [1.29, 1.82) is 0 Å². The molecule has 0 aliphatic heterocycles. The molecule has 3 rings (SSSR count). The van der Waals surface area contributed by atoms with Crippen molar-refractivity contribution in [3.8, 4) is 0 Å². The summed E-state index contributed by atoms with van der Waals surface area (Å²) in [5, 5.41) is 3.36. The molecule has 0 bridgehead atoms. The normalized spacial score (nSPS) is 12.8. The van der Waals surface area contributed by atoms with Crippen LogP contribution in [0.15, 0.2) is 83.3 Å². The number of carbonyl (C=O) groups is 2. The van der Waals surface area contributed by atoms with Gasteiger partial charge in [0.1, 0.15) is 12.6 Å². The molecule has 0 fully saturated rings. The molecule has 3 aromatic carbocycles. The summed E-state index contributed by atoms with van der Waals surface area (Å²) in [5.74, 6) is -0.814. The Hall–Kier alpha value is -2.88. The van der Waals surface area contributed by atoms with Gasteiger partial charge >= 0.3 is 0 Å². The van der Waals surface area contributed by atoms with Crippen LogP contribution in [-0.4, -0.2) is 50.0 Å². The molecule has 0 radical (unpaired) electrons. The molecular weight excluding hydrogens is 602 g/mol. The van der Waals surface area contributed by atoms with Crippen molar-refractivity contribution in [3.63, 3.8) is 0 Å². The van der Waals surface area contributed by atoms with Crippen molar-refractivity contribution in [2.75, 3.05) is 17.1 Å². The Labute approximate surface area is 244 Å². The third kappa shape index (κ3) is 9.08. The highest BCUT2D eigenvalue weighted by molar-refractivity contribution is 9.10. The molecule has 0 aromatic heterocycles. The lowest BCUT2D eigenvalue weighted by Gasteiger charge is -2.34. The van der Waals surface area contributed by atoms with Crippen molar-refractivity contribution in [3.05, 3.63) is 99.5 Å². The fraction of sp³-hybridized carbons (Fsp3) is 0.310. The molecule has 0 saturated heterocycles. The van der Waals surface area contributed by atoms with E-state index in [1.54, 1.807) is 18.2 Å². The zero-order valence-corrected chi connectivity index (χ0v) is 25.3. The van der Waals surface area contributed by atoms with Crippen LogP contribution in [0.25, 0.3) is 0 Å². The fourth-order valence-corrected chi connectivity index (χ4v) is 5.54. The Bertz CT molecular complexity index is 1390. The summed E-state index contributed by atoms with van der Waals surface area (Å²) in [4.78, 5) is 29.2. The van der Waals surface area contributed by atoms with Gasteiger partial charge in [-0.3, -0.25) is 13.9 Å². The number of nitrogens with one attached hydrogen (secondary N) is 1. The smallest absolute Gasteiger partial charge is 0.244 e. The molecule has 0 unspecified atom stereocenters. The van der Waals surface area contributed by atoms with Gasteiger partial charge in [-0.1, -0.05) is 83.0 Å². The number of amides is 2. The molecule has 7 nitrogen and oxygen atoms in total. The predicted molar refractivity (Wildman–Crippen MR) is 160 cm³/mol. The van der Waals surface area contributed by atoms with Gasteiger partial charge in [0.05, 0.1) is 11.9 Å². The molecule has 39 heavy (non-hydrogen) atoms. The molecule has 2 amide bonds. The highest BCUT2D eigenvalue weighted by Gasteiger charge is 2.33. The second-order valence-electron chi connectivity index (χ2n) is 9.42. The first kappa shape index (κ1) is 30.7. The number of sulfonamides is 1. The van der Waals surface area contributed by atoms with Gasteiger partial charge < -0.3 is 10.2 Å². The van der Waals surface area contributed by atoms with Gasteiger partial charge in [0, 0.05) is 28.5 Å². The molecule has 0 spiro atoms. The van der Waals surface area contributed by atoms with Crippen LogP contribution in [-0.2, 0) is 32.6 Å². The van der Waals surface area contributed by atoms with Crippen molar-refractivity contribution >= 4 is 55.1 Å². The maximum absolute atomic E-state index is 14.0. The van der Waals surface area contributed by atoms with Crippen molar-refractivity contribution in [2.24, 2.45) is 0 Å². The fourth-order valence-electron chi connectivity index (χ4n) is 4.07. The molecular formula is C29H33BrClN3O4S. The van der Waals surface area contributed by atoms with Gasteiger partial charge in [-0.25, -0.2) is 8.42 Å².